The summed E-state index contributed by atoms with van der Waals surface area (Å²) >= 11 is 0. The van der Waals surface area contributed by atoms with Crippen LogP contribution in [0.3, 0.4) is 0 Å². The lowest BCUT2D eigenvalue weighted by atomic mass is 10.1. The molecule has 27 heavy (non-hydrogen) atoms. The quantitative estimate of drug-likeness (QED) is 0.708. The van der Waals surface area contributed by atoms with Crippen molar-refractivity contribution in [2.75, 3.05) is 12.4 Å². The molecule has 138 valence electrons. The summed E-state index contributed by atoms with van der Waals surface area (Å²) < 4.78 is 10.0. The number of ether oxygens (including phenoxy) is 1. The minimum absolute atomic E-state index is 0.291. The van der Waals surface area contributed by atoms with Gasteiger partial charge in [0.2, 0.25) is 0 Å². The Morgan fingerprint density at radius 1 is 1.22 bits per heavy atom. The number of esters is 1. The van der Waals surface area contributed by atoms with Crippen LogP contribution in [-0.4, -0.2) is 29.1 Å². The van der Waals surface area contributed by atoms with E-state index in [4.69, 9.17) is 9.26 Å². The van der Waals surface area contributed by atoms with E-state index >= 15 is 0 Å². The third kappa shape index (κ3) is 3.16. The van der Waals surface area contributed by atoms with Crippen molar-refractivity contribution in [1.29, 1.82) is 0 Å². The summed E-state index contributed by atoms with van der Waals surface area (Å²) in [5, 5.41) is 7.46. The van der Waals surface area contributed by atoms with Crippen LogP contribution >= 0.6 is 0 Å². The molecule has 7 heteroatoms. The fraction of sp³-hybridized carbons (Fsp3) is 0.300. The zero-order chi connectivity index (χ0) is 19.1. The second-order valence-corrected chi connectivity index (χ2v) is 6.79. The molecule has 0 spiro atoms. The molecular weight excluding hydrogens is 346 g/mol. The Kier molecular flexibility index (Phi) is 4.14. The van der Waals surface area contributed by atoms with E-state index in [1.807, 2.05) is 13.0 Å². The van der Waals surface area contributed by atoms with E-state index in [2.05, 4.69) is 15.5 Å². The maximum Gasteiger partial charge on any atom is 0.337 e. The van der Waals surface area contributed by atoms with Crippen LogP contribution in [0, 0.1) is 13.8 Å². The number of hydrogen-bond acceptors (Lipinski definition) is 6. The minimum Gasteiger partial charge on any atom is -0.465 e. The van der Waals surface area contributed by atoms with E-state index in [-0.39, 0.29) is 5.91 Å². The van der Waals surface area contributed by atoms with Gasteiger partial charge in [0, 0.05) is 17.3 Å². The van der Waals surface area contributed by atoms with Gasteiger partial charge < -0.3 is 14.6 Å². The fourth-order valence-corrected chi connectivity index (χ4v) is 3.07. The molecule has 7 nitrogen and oxygen atoms in total. The molecule has 2 aromatic heterocycles. The number of pyridine rings is 1. The van der Waals surface area contributed by atoms with Crippen molar-refractivity contribution < 1.29 is 18.8 Å². The molecule has 0 atom stereocenters. The average Bonchev–Trinajstić information content (AvgIpc) is 3.45. The van der Waals surface area contributed by atoms with Crippen molar-refractivity contribution in [1.82, 2.24) is 10.1 Å². The molecule has 2 heterocycles. The van der Waals surface area contributed by atoms with E-state index < -0.39 is 5.97 Å². The highest BCUT2D eigenvalue weighted by atomic mass is 16.5. The largest absolute Gasteiger partial charge is 0.465 e. The normalized spacial score (nSPS) is 13.6. The molecule has 0 bridgehead atoms. The summed E-state index contributed by atoms with van der Waals surface area (Å²) in [6, 6.07) is 6.86. The number of carbonyl (C=O) groups is 2. The highest BCUT2D eigenvalue weighted by Gasteiger charge is 2.28. The summed E-state index contributed by atoms with van der Waals surface area (Å²) in [7, 11) is 1.32. The first kappa shape index (κ1) is 17.2. The van der Waals surface area contributed by atoms with Gasteiger partial charge in [0.05, 0.1) is 29.3 Å². The van der Waals surface area contributed by atoms with Crippen LogP contribution in [0.4, 0.5) is 5.69 Å². The monoisotopic (exact) mass is 365 g/mol. The van der Waals surface area contributed by atoms with Crippen molar-refractivity contribution >= 4 is 28.7 Å². The second kappa shape index (κ2) is 6.50. The van der Waals surface area contributed by atoms with Gasteiger partial charge in [0.25, 0.3) is 11.6 Å². The number of amides is 1. The number of rotatable bonds is 4. The molecule has 1 aliphatic carbocycles. The van der Waals surface area contributed by atoms with Gasteiger partial charge in [-0.15, -0.1) is 0 Å². The molecule has 0 radical (unpaired) electrons. The first-order chi connectivity index (χ1) is 13.0. The third-order valence-electron chi connectivity index (χ3n) is 4.78. The van der Waals surface area contributed by atoms with Gasteiger partial charge in [0.1, 0.15) is 0 Å². The molecule has 0 unspecified atom stereocenters. The Hall–Kier alpha value is -3.22. The van der Waals surface area contributed by atoms with Crippen molar-refractivity contribution in [3.05, 3.63) is 52.3 Å². The Morgan fingerprint density at radius 2 is 2.00 bits per heavy atom. The van der Waals surface area contributed by atoms with Crippen LogP contribution in [-0.2, 0) is 4.74 Å². The second-order valence-electron chi connectivity index (χ2n) is 6.79. The number of benzene rings is 1. The Bertz CT molecular complexity index is 1070. The highest BCUT2D eigenvalue weighted by molar-refractivity contribution is 6.12. The molecular formula is C20H19N3O4. The number of anilines is 1. The van der Waals surface area contributed by atoms with Crippen molar-refractivity contribution in [3.63, 3.8) is 0 Å². The summed E-state index contributed by atoms with van der Waals surface area (Å²) in [6.45, 7) is 3.64. The minimum atomic E-state index is -0.456. The number of nitrogens with zero attached hydrogens (tertiary/aromatic N) is 2. The molecule has 3 aromatic rings. The number of nitrogens with one attached hydrogen (secondary N) is 1. The van der Waals surface area contributed by atoms with Crippen LogP contribution < -0.4 is 5.32 Å². The van der Waals surface area contributed by atoms with Crippen LogP contribution in [0.25, 0.3) is 11.1 Å². The number of aromatic nitrogens is 2. The molecule has 0 aliphatic heterocycles. The first-order valence-electron chi connectivity index (χ1n) is 8.75. The predicted octanol–water partition coefficient (Wildman–Crippen LogP) is 3.76. The molecule has 1 saturated carbocycles. The Morgan fingerprint density at radius 3 is 2.70 bits per heavy atom. The fourth-order valence-electron chi connectivity index (χ4n) is 3.07. The van der Waals surface area contributed by atoms with Gasteiger partial charge in [-0.05, 0) is 50.5 Å². The van der Waals surface area contributed by atoms with Crippen LogP contribution in [0.1, 0.15) is 56.4 Å². The number of fused-ring (bicyclic) bond motifs is 1. The number of methoxy groups -OCH3 is 1. The molecule has 1 amide bonds. The van der Waals surface area contributed by atoms with Crippen molar-refractivity contribution in [3.8, 4) is 0 Å². The Labute approximate surface area is 155 Å². The predicted molar refractivity (Wildman–Crippen MR) is 99.0 cm³/mol. The zero-order valence-electron chi connectivity index (χ0n) is 15.3. The molecule has 1 aliphatic rings. The number of hydrogen-bond donors (Lipinski definition) is 1. The van der Waals surface area contributed by atoms with Gasteiger partial charge in [0.15, 0.2) is 0 Å². The maximum atomic E-state index is 13.1. The first-order valence-corrected chi connectivity index (χ1v) is 8.75. The SMILES string of the molecule is COC(=O)c1ccc(C)c(NC(=O)c2cc(C3CC3)nc3onc(C)c23)c1. The van der Waals surface area contributed by atoms with Crippen LogP contribution in [0.5, 0.6) is 0 Å². The topological polar surface area (TPSA) is 94.3 Å². The van der Waals surface area contributed by atoms with E-state index in [1.165, 1.54) is 7.11 Å². The third-order valence-corrected chi connectivity index (χ3v) is 4.78. The summed E-state index contributed by atoms with van der Waals surface area (Å²) in [6.07, 6.45) is 2.12. The smallest absolute Gasteiger partial charge is 0.337 e. The zero-order valence-corrected chi connectivity index (χ0v) is 15.3. The van der Waals surface area contributed by atoms with Gasteiger partial charge in [-0.25, -0.2) is 9.78 Å². The summed E-state index contributed by atoms with van der Waals surface area (Å²) in [5.74, 6) is -0.376. The van der Waals surface area contributed by atoms with Gasteiger partial charge >= 0.3 is 5.97 Å². The lowest BCUT2D eigenvalue weighted by molar-refractivity contribution is 0.0600. The highest BCUT2D eigenvalue weighted by Crippen LogP contribution is 2.40. The summed E-state index contributed by atoms with van der Waals surface area (Å²) in [4.78, 5) is 29.3. The maximum absolute atomic E-state index is 13.1. The van der Waals surface area contributed by atoms with Gasteiger partial charge in [-0.1, -0.05) is 11.2 Å². The van der Waals surface area contributed by atoms with E-state index in [9.17, 15) is 9.59 Å². The lowest BCUT2D eigenvalue weighted by Crippen LogP contribution is -2.15. The summed E-state index contributed by atoms with van der Waals surface area (Å²) in [5.41, 5.74) is 4.08. The van der Waals surface area contributed by atoms with Gasteiger partial charge in [-0.2, -0.15) is 0 Å². The van der Waals surface area contributed by atoms with E-state index in [1.54, 1.807) is 25.1 Å². The average molecular weight is 365 g/mol. The molecule has 0 saturated heterocycles. The van der Waals surface area contributed by atoms with Crippen LogP contribution in [0.2, 0.25) is 0 Å². The molecule has 4 rings (SSSR count). The van der Waals surface area contributed by atoms with Crippen molar-refractivity contribution in [2.45, 2.75) is 32.6 Å². The van der Waals surface area contributed by atoms with E-state index in [0.29, 0.717) is 39.5 Å². The van der Waals surface area contributed by atoms with E-state index in [0.717, 1.165) is 24.1 Å². The standard InChI is InChI=1S/C20H19N3O4/c1-10-4-5-13(20(25)26-3)8-15(10)21-18(24)14-9-16(12-6-7-12)22-19-17(14)11(2)23-27-19/h4-5,8-9,12H,6-7H2,1-3H3,(H,21,24). The molecule has 1 fully saturated rings. The number of aryl methyl sites for hydroxylation is 2. The number of carbonyl (C=O) groups excluding carboxylic acids is 2. The lowest BCUT2D eigenvalue weighted by Gasteiger charge is -2.11. The molecule has 1 aromatic carbocycles. The Balaban J connectivity index is 1.73. The van der Waals surface area contributed by atoms with Gasteiger partial charge in [-0.3, -0.25) is 4.79 Å². The molecule has 1 N–H and O–H groups in total. The van der Waals surface area contributed by atoms with Crippen molar-refractivity contribution in [2.24, 2.45) is 0 Å². The van der Waals surface area contributed by atoms with Crippen LogP contribution in [0.15, 0.2) is 28.8 Å².